The number of benzene rings is 1. The second-order valence-electron chi connectivity index (χ2n) is 6.66. The van der Waals surface area contributed by atoms with Crippen LogP contribution in [-0.4, -0.2) is 42.0 Å². The summed E-state index contributed by atoms with van der Waals surface area (Å²) < 4.78 is 32.4. The van der Waals surface area contributed by atoms with Gasteiger partial charge in [0.1, 0.15) is 20.6 Å². The first-order chi connectivity index (χ1) is 14.6. The van der Waals surface area contributed by atoms with Crippen LogP contribution in [0, 0.1) is 0 Å². The number of furan rings is 1. The van der Waals surface area contributed by atoms with Crippen molar-refractivity contribution >= 4 is 84.5 Å². The highest BCUT2D eigenvalue weighted by Crippen LogP contribution is 2.38. The highest BCUT2D eigenvalue weighted by molar-refractivity contribution is 8.26. The van der Waals surface area contributed by atoms with Gasteiger partial charge in [-0.15, -0.1) is 0 Å². The molecule has 160 valence electrons. The van der Waals surface area contributed by atoms with Crippen LogP contribution in [0.25, 0.3) is 28.2 Å². The van der Waals surface area contributed by atoms with Crippen LogP contribution in [0.3, 0.4) is 0 Å². The lowest BCUT2D eigenvalue weighted by atomic mass is 10.1. The number of rotatable bonds is 4. The van der Waals surface area contributed by atoms with E-state index in [2.05, 4.69) is 10.3 Å². The third-order valence-corrected chi connectivity index (χ3v) is 8.31. The lowest BCUT2D eigenvalue weighted by molar-refractivity contribution is -0.115. The SMILES string of the molecule is CN(C)S(=O)(=O)c1c(Cl)cc(-c2cncc3cc(/C=C4/SC(=S)NC4=O)oc23)cc1Cl. The maximum atomic E-state index is 12.5. The topological polar surface area (TPSA) is 92.5 Å². The first-order valence-electron chi connectivity index (χ1n) is 8.62. The van der Waals surface area contributed by atoms with Gasteiger partial charge in [0.05, 0.1) is 15.0 Å². The van der Waals surface area contributed by atoms with Gasteiger partial charge in [-0.3, -0.25) is 9.78 Å². The number of hydrogen-bond donors (Lipinski definition) is 1. The predicted molar refractivity (Wildman–Crippen MR) is 127 cm³/mol. The fraction of sp³-hybridized carbons (Fsp3) is 0.105. The number of fused-ring (bicyclic) bond motifs is 1. The zero-order chi connectivity index (χ0) is 22.5. The number of thioether (sulfide) groups is 1. The van der Waals surface area contributed by atoms with E-state index in [4.69, 9.17) is 39.8 Å². The standard InChI is InChI=1S/C19H13Cl2N3O4S3/c1-24(2)31(26,27)17-13(20)4-9(5-14(17)21)12-8-22-7-10-3-11(28-16(10)12)6-15-18(25)23-19(29)30-15/h3-8H,1-2H3,(H,23,25,29)/b15-6+. The molecule has 1 N–H and O–H groups in total. The maximum Gasteiger partial charge on any atom is 0.263 e. The van der Waals surface area contributed by atoms with Crippen molar-refractivity contribution in [3.8, 4) is 11.1 Å². The first kappa shape index (κ1) is 22.3. The number of carbonyl (C=O) groups excluding carboxylic acids is 1. The van der Waals surface area contributed by atoms with Gasteiger partial charge in [0.25, 0.3) is 5.91 Å². The van der Waals surface area contributed by atoms with Gasteiger partial charge >= 0.3 is 0 Å². The number of sulfonamides is 1. The molecule has 1 aliphatic heterocycles. The molecule has 0 atom stereocenters. The molecule has 12 heteroatoms. The van der Waals surface area contributed by atoms with E-state index in [9.17, 15) is 13.2 Å². The summed E-state index contributed by atoms with van der Waals surface area (Å²) in [5.41, 5.74) is 1.59. The fourth-order valence-corrected chi connectivity index (χ4v) is 6.03. The van der Waals surface area contributed by atoms with Crippen LogP contribution in [0.15, 0.2) is 44.8 Å². The smallest absolute Gasteiger partial charge is 0.263 e. The Kier molecular flexibility index (Phi) is 5.88. The van der Waals surface area contributed by atoms with Crippen LogP contribution in [0.2, 0.25) is 10.0 Å². The van der Waals surface area contributed by atoms with Gasteiger partial charge < -0.3 is 9.73 Å². The number of hydrogen-bond acceptors (Lipinski definition) is 7. The Labute approximate surface area is 197 Å². The van der Waals surface area contributed by atoms with E-state index in [0.717, 1.165) is 16.1 Å². The number of nitrogens with zero attached hydrogens (tertiary/aromatic N) is 2. The average Bonchev–Trinajstić information content (AvgIpc) is 3.22. The van der Waals surface area contributed by atoms with Crippen molar-refractivity contribution in [2.75, 3.05) is 14.1 Å². The quantitative estimate of drug-likeness (QED) is 0.404. The number of carbonyl (C=O) groups is 1. The Bertz CT molecular complexity index is 1370. The van der Waals surface area contributed by atoms with Crippen LogP contribution in [0.4, 0.5) is 0 Å². The molecule has 2 aromatic heterocycles. The molecule has 1 aliphatic rings. The second kappa shape index (κ2) is 8.19. The van der Waals surface area contributed by atoms with Crippen molar-refractivity contribution in [2.45, 2.75) is 4.90 Å². The number of amides is 1. The van der Waals surface area contributed by atoms with Gasteiger partial charge in [-0.2, -0.15) is 0 Å². The minimum absolute atomic E-state index is 0.0189. The monoisotopic (exact) mass is 513 g/mol. The summed E-state index contributed by atoms with van der Waals surface area (Å²) >= 11 is 18.7. The van der Waals surface area contributed by atoms with Crippen LogP contribution < -0.4 is 5.32 Å². The molecule has 4 rings (SSSR count). The molecular weight excluding hydrogens is 501 g/mol. The molecule has 0 bridgehead atoms. The summed E-state index contributed by atoms with van der Waals surface area (Å²) in [5.74, 6) is 0.153. The molecular formula is C19H13Cl2N3O4S3. The summed E-state index contributed by atoms with van der Waals surface area (Å²) in [4.78, 5) is 16.4. The summed E-state index contributed by atoms with van der Waals surface area (Å²) in [5, 5.41) is 3.20. The van der Waals surface area contributed by atoms with E-state index >= 15 is 0 Å². The van der Waals surface area contributed by atoms with E-state index < -0.39 is 10.0 Å². The van der Waals surface area contributed by atoms with Crippen LogP contribution in [0.5, 0.6) is 0 Å². The van der Waals surface area contributed by atoms with Gasteiger partial charge in [-0.1, -0.05) is 47.2 Å². The molecule has 1 saturated heterocycles. The van der Waals surface area contributed by atoms with Crippen LogP contribution in [0.1, 0.15) is 5.76 Å². The Morgan fingerprint density at radius 2 is 1.87 bits per heavy atom. The summed E-state index contributed by atoms with van der Waals surface area (Å²) in [6, 6.07) is 4.74. The van der Waals surface area contributed by atoms with Gasteiger partial charge in [0, 0.05) is 43.5 Å². The Morgan fingerprint density at radius 3 is 2.45 bits per heavy atom. The van der Waals surface area contributed by atoms with Crippen LogP contribution in [-0.2, 0) is 14.8 Å². The minimum atomic E-state index is -3.83. The average molecular weight is 514 g/mol. The molecule has 0 radical (unpaired) electrons. The van der Waals surface area contributed by atoms with E-state index in [1.807, 2.05) is 0 Å². The van der Waals surface area contributed by atoms with Gasteiger partial charge in [0.2, 0.25) is 10.0 Å². The minimum Gasteiger partial charge on any atom is -0.456 e. The molecule has 3 heterocycles. The second-order valence-corrected chi connectivity index (χ2v) is 11.3. The van der Waals surface area contributed by atoms with Gasteiger partial charge in [-0.25, -0.2) is 12.7 Å². The van der Waals surface area contributed by atoms with E-state index in [1.54, 1.807) is 24.5 Å². The van der Waals surface area contributed by atoms with Crippen LogP contribution >= 0.6 is 47.2 Å². The third kappa shape index (κ3) is 4.11. The normalized spacial score (nSPS) is 16.0. The van der Waals surface area contributed by atoms with Crippen molar-refractivity contribution in [3.63, 3.8) is 0 Å². The molecule has 0 unspecified atom stereocenters. The third-order valence-electron chi connectivity index (χ3n) is 4.41. The van der Waals surface area contributed by atoms with Crippen molar-refractivity contribution in [1.29, 1.82) is 0 Å². The summed E-state index contributed by atoms with van der Waals surface area (Å²) in [7, 11) is -1.03. The van der Waals surface area contributed by atoms with Crippen molar-refractivity contribution in [2.24, 2.45) is 0 Å². The summed E-state index contributed by atoms with van der Waals surface area (Å²) in [6.07, 6.45) is 4.78. The number of thiocarbonyl (C=S) groups is 1. The molecule has 3 aromatic rings. The van der Waals surface area contributed by atoms with Gasteiger partial charge in [0.15, 0.2) is 0 Å². The highest BCUT2D eigenvalue weighted by atomic mass is 35.5. The first-order valence-corrected chi connectivity index (χ1v) is 12.0. The zero-order valence-corrected chi connectivity index (χ0v) is 19.9. The lowest BCUT2D eigenvalue weighted by Gasteiger charge is -2.15. The highest BCUT2D eigenvalue weighted by Gasteiger charge is 2.26. The fourth-order valence-electron chi connectivity index (χ4n) is 2.95. The largest absolute Gasteiger partial charge is 0.456 e. The van der Waals surface area contributed by atoms with E-state index in [1.165, 1.54) is 26.2 Å². The van der Waals surface area contributed by atoms with Gasteiger partial charge in [-0.05, 0) is 23.8 Å². The maximum absolute atomic E-state index is 12.5. The van der Waals surface area contributed by atoms with Crippen molar-refractivity contribution in [3.05, 3.63) is 51.3 Å². The Balaban J connectivity index is 1.82. The molecule has 1 amide bonds. The number of aromatic nitrogens is 1. The number of halogens is 2. The number of pyridine rings is 1. The molecule has 0 spiro atoms. The molecule has 0 saturated carbocycles. The Hall–Kier alpha value is -1.95. The lowest BCUT2D eigenvalue weighted by Crippen LogP contribution is -2.23. The van der Waals surface area contributed by atoms with Crippen molar-refractivity contribution in [1.82, 2.24) is 14.6 Å². The molecule has 1 fully saturated rings. The zero-order valence-electron chi connectivity index (χ0n) is 16.0. The number of nitrogens with one attached hydrogen (secondary N) is 1. The molecule has 1 aromatic carbocycles. The van der Waals surface area contributed by atoms with E-state index in [0.29, 0.717) is 37.1 Å². The molecule has 0 aliphatic carbocycles. The predicted octanol–water partition coefficient (Wildman–Crippen LogP) is 4.54. The Morgan fingerprint density at radius 1 is 1.19 bits per heavy atom. The molecule has 31 heavy (non-hydrogen) atoms. The summed E-state index contributed by atoms with van der Waals surface area (Å²) in [6.45, 7) is 0. The molecule has 7 nitrogen and oxygen atoms in total. The van der Waals surface area contributed by atoms with E-state index in [-0.39, 0.29) is 20.8 Å². The van der Waals surface area contributed by atoms with Crippen molar-refractivity contribution < 1.29 is 17.6 Å².